The van der Waals surface area contributed by atoms with Gasteiger partial charge in [-0.25, -0.2) is 4.98 Å². The van der Waals surface area contributed by atoms with E-state index in [-0.39, 0.29) is 23.1 Å². The third-order valence-electron chi connectivity index (χ3n) is 7.23. The van der Waals surface area contributed by atoms with E-state index in [4.69, 9.17) is 4.74 Å². The number of nitrogens with zero attached hydrogens (tertiary/aromatic N) is 4. The smallest absolute Gasteiger partial charge is 0.265 e. The maximum absolute atomic E-state index is 13.6. The van der Waals surface area contributed by atoms with Crippen LogP contribution in [0.1, 0.15) is 43.0 Å². The van der Waals surface area contributed by atoms with Crippen LogP contribution >= 0.6 is 0 Å². The van der Waals surface area contributed by atoms with Gasteiger partial charge in [-0.3, -0.25) is 24.0 Å². The van der Waals surface area contributed by atoms with Crippen molar-refractivity contribution in [2.24, 2.45) is 5.92 Å². The second-order valence-electron chi connectivity index (χ2n) is 9.75. The summed E-state index contributed by atoms with van der Waals surface area (Å²) in [5.74, 6) is 0.400. The number of nitrogens with one attached hydrogen (secondary N) is 1. The number of fused-ring (bicyclic) bond motifs is 1. The standard InChI is InChI=1S/C27H33N5O3/c1-19-5-7-22(8-6-19)30-26(33)23-17-20-16-21(24-4-2-3-9-28-24)18-29-25(20)32(27(23)34)11-10-31-12-14-35-15-13-31/h2-4,9,16-19,22H,5-8,10-15H2,1H3,(H,30,33). The van der Waals surface area contributed by atoms with Gasteiger partial charge in [0.05, 0.1) is 18.9 Å². The number of hydrogen-bond donors (Lipinski definition) is 1. The number of hydrogen-bond acceptors (Lipinski definition) is 6. The van der Waals surface area contributed by atoms with E-state index >= 15 is 0 Å². The van der Waals surface area contributed by atoms with Crippen LogP contribution in [0, 0.1) is 5.92 Å². The number of carbonyl (C=O) groups is 1. The molecule has 1 N–H and O–H groups in total. The van der Waals surface area contributed by atoms with Gasteiger partial charge >= 0.3 is 0 Å². The van der Waals surface area contributed by atoms with Gasteiger partial charge in [0.15, 0.2) is 0 Å². The van der Waals surface area contributed by atoms with Gasteiger partial charge in [-0.2, -0.15) is 0 Å². The predicted octanol–water partition coefficient (Wildman–Crippen LogP) is 3.10. The molecule has 0 radical (unpaired) electrons. The second-order valence-corrected chi connectivity index (χ2v) is 9.75. The van der Waals surface area contributed by atoms with Crippen LogP contribution < -0.4 is 10.9 Å². The molecule has 35 heavy (non-hydrogen) atoms. The van der Waals surface area contributed by atoms with E-state index in [1.54, 1.807) is 23.0 Å². The van der Waals surface area contributed by atoms with Gasteiger partial charge < -0.3 is 10.1 Å². The molecule has 1 aliphatic carbocycles. The van der Waals surface area contributed by atoms with Gasteiger partial charge in [0.1, 0.15) is 11.2 Å². The summed E-state index contributed by atoms with van der Waals surface area (Å²) < 4.78 is 7.11. The molecule has 5 rings (SSSR count). The van der Waals surface area contributed by atoms with Crippen molar-refractivity contribution in [2.75, 3.05) is 32.8 Å². The van der Waals surface area contributed by atoms with Crippen molar-refractivity contribution in [3.8, 4) is 11.3 Å². The molecule has 0 atom stereocenters. The number of morpholine rings is 1. The summed E-state index contributed by atoms with van der Waals surface area (Å²) in [7, 11) is 0. The Hall–Kier alpha value is -3.10. The third-order valence-corrected chi connectivity index (χ3v) is 7.23. The zero-order valence-electron chi connectivity index (χ0n) is 20.3. The van der Waals surface area contributed by atoms with Crippen molar-refractivity contribution < 1.29 is 9.53 Å². The fourth-order valence-corrected chi connectivity index (χ4v) is 5.04. The quantitative estimate of drug-likeness (QED) is 0.589. The fourth-order valence-electron chi connectivity index (χ4n) is 5.04. The van der Waals surface area contributed by atoms with Crippen LogP contribution in [0.5, 0.6) is 0 Å². The molecule has 2 aliphatic rings. The second kappa shape index (κ2) is 10.7. The third kappa shape index (κ3) is 5.44. The zero-order chi connectivity index (χ0) is 24.2. The maximum Gasteiger partial charge on any atom is 0.265 e. The Balaban J connectivity index is 1.49. The van der Waals surface area contributed by atoms with Gasteiger partial charge in [0.25, 0.3) is 11.5 Å². The molecular formula is C27H33N5O3. The van der Waals surface area contributed by atoms with Crippen LogP contribution in [0.4, 0.5) is 0 Å². The summed E-state index contributed by atoms with van der Waals surface area (Å²) >= 11 is 0. The number of carbonyl (C=O) groups excluding carboxylic acids is 1. The van der Waals surface area contributed by atoms with E-state index in [0.717, 1.165) is 55.4 Å². The lowest BCUT2D eigenvalue weighted by Gasteiger charge is -2.27. The largest absolute Gasteiger partial charge is 0.379 e. The lowest BCUT2D eigenvalue weighted by Crippen LogP contribution is -2.42. The molecule has 0 spiro atoms. The molecule has 1 aliphatic heterocycles. The molecule has 3 aromatic heterocycles. The van der Waals surface area contributed by atoms with Crippen molar-refractivity contribution >= 4 is 16.9 Å². The first-order valence-corrected chi connectivity index (χ1v) is 12.6. The van der Waals surface area contributed by atoms with Gasteiger partial charge in [0.2, 0.25) is 0 Å². The summed E-state index contributed by atoms with van der Waals surface area (Å²) in [5, 5.41) is 3.89. The van der Waals surface area contributed by atoms with E-state index in [1.165, 1.54) is 0 Å². The Morgan fingerprint density at radius 2 is 1.89 bits per heavy atom. The van der Waals surface area contributed by atoms with Crippen molar-refractivity contribution in [1.29, 1.82) is 0 Å². The minimum atomic E-state index is -0.292. The van der Waals surface area contributed by atoms with Crippen LogP contribution in [0.3, 0.4) is 0 Å². The molecule has 0 bridgehead atoms. The lowest BCUT2D eigenvalue weighted by molar-refractivity contribution is 0.0364. The van der Waals surface area contributed by atoms with Crippen molar-refractivity contribution in [3.63, 3.8) is 0 Å². The van der Waals surface area contributed by atoms with E-state index in [2.05, 4.69) is 27.1 Å². The average molecular weight is 476 g/mol. The number of pyridine rings is 3. The highest BCUT2D eigenvalue weighted by atomic mass is 16.5. The number of ether oxygens (including phenoxy) is 1. The van der Waals surface area contributed by atoms with Crippen LogP contribution in [-0.2, 0) is 11.3 Å². The molecule has 2 fully saturated rings. The highest BCUT2D eigenvalue weighted by molar-refractivity contribution is 5.97. The fraction of sp³-hybridized carbons (Fsp3) is 0.481. The van der Waals surface area contributed by atoms with Crippen LogP contribution in [0.25, 0.3) is 22.3 Å². The van der Waals surface area contributed by atoms with Gasteiger partial charge in [-0.05, 0) is 55.9 Å². The van der Waals surface area contributed by atoms with Crippen LogP contribution in [-0.4, -0.2) is 64.2 Å². The molecule has 184 valence electrons. The Labute approximate surface area is 205 Å². The van der Waals surface area contributed by atoms with Gasteiger partial charge in [0, 0.05) is 55.6 Å². The normalized spacial score (nSPS) is 21.2. The summed E-state index contributed by atoms with van der Waals surface area (Å²) in [6, 6.07) is 9.51. The molecule has 0 unspecified atom stereocenters. The van der Waals surface area contributed by atoms with E-state index in [0.29, 0.717) is 37.9 Å². The summed E-state index contributed by atoms with van der Waals surface area (Å²) in [6.45, 7) is 6.49. The molecule has 0 aromatic carbocycles. The number of aromatic nitrogens is 3. The zero-order valence-corrected chi connectivity index (χ0v) is 20.3. The molecule has 1 amide bonds. The highest BCUT2D eigenvalue weighted by Crippen LogP contribution is 2.24. The lowest BCUT2D eigenvalue weighted by atomic mass is 9.87. The van der Waals surface area contributed by atoms with E-state index < -0.39 is 0 Å². The first-order valence-electron chi connectivity index (χ1n) is 12.6. The SMILES string of the molecule is CC1CCC(NC(=O)c2cc3cc(-c4ccccn4)cnc3n(CCN3CCOCC3)c2=O)CC1. The first kappa shape index (κ1) is 23.6. The van der Waals surface area contributed by atoms with E-state index in [9.17, 15) is 9.59 Å². The predicted molar refractivity (Wildman–Crippen MR) is 135 cm³/mol. The Morgan fingerprint density at radius 3 is 2.63 bits per heavy atom. The molecule has 1 saturated carbocycles. The minimum absolute atomic E-state index is 0.119. The molecular weight excluding hydrogens is 442 g/mol. The Morgan fingerprint density at radius 1 is 1.09 bits per heavy atom. The van der Waals surface area contributed by atoms with Gasteiger partial charge in [-0.1, -0.05) is 13.0 Å². The molecule has 8 nitrogen and oxygen atoms in total. The Kier molecular flexibility index (Phi) is 7.20. The van der Waals surface area contributed by atoms with Crippen molar-refractivity contribution in [1.82, 2.24) is 24.8 Å². The number of amides is 1. The van der Waals surface area contributed by atoms with Gasteiger partial charge in [-0.15, -0.1) is 0 Å². The summed E-state index contributed by atoms with van der Waals surface area (Å²) in [6.07, 6.45) is 7.60. The maximum atomic E-state index is 13.6. The summed E-state index contributed by atoms with van der Waals surface area (Å²) in [5.41, 5.74) is 2.13. The number of rotatable bonds is 6. The van der Waals surface area contributed by atoms with E-state index in [1.807, 2.05) is 24.3 Å². The highest BCUT2D eigenvalue weighted by Gasteiger charge is 2.23. The minimum Gasteiger partial charge on any atom is -0.379 e. The molecule has 8 heteroatoms. The molecule has 4 heterocycles. The first-order chi connectivity index (χ1) is 17.1. The monoisotopic (exact) mass is 475 g/mol. The topological polar surface area (TPSA) is 89.3 Å². The van der Waals surface area contributed by atoms with Crippen LogP contribution in [0.15, 0.2) is 47.5 Å². The van der Waals surface area contributed by atoms with Crippen molar-refractivity contribution in [2.45, 2.75) is 45.2 Å². The average Bonchev–Trinajstić information content (AvgIpc) is 2.90. The Bertz CT molecular complexity index is 1230. The van der Waals surface area contributed by atoms with Crippen LogP contribution in [0.2, 0.25) is 0 Å². The summed E-state index contributed by atoms with van der Waals surface area (Å²) in [4.78, 5) is 38.2. The molecule has 3 aromatic rings. The molecule has 1 saturated heterocycles. The van der Waals surface area contributed by atoms with Crippen molar-refractivity contribution in [3.05, 3.63) is 58.6 Å².